The topological polar surface area (TPSA) is 99.4 Å². The van der Waals surface area contributed by atoms with Crippen LogP contribution in [0.3, 0.4) is 0 Å². The lowest BCUT2D eigenvalue weighted by atomic mass is 9.99. The largest absolute Gasteiger partial charge is 0.387 e. The van der Waals surface area contributed by atoms with Crippen LogP contribution in [0.25, 0.3) is 0 Å². The molecule has 1 aliphatic heterocycles. The number of aliphatic hydroxyl groups excluding tert-OH is 4. The van der Waals surface area contributed by atoms with Gasteiger partial charge in [-0.25, -0.2) is 0 Å². The smallest absolute Gasteiger partial charge is 0.184 e. The van der Waals surface area contributed by atoms with Crippen LogP contribution in [0.2, 0.25) is 0 Å². The first-order chi connectivity index (χ1) is 9.09. The fourth-order valence-corrected chi connectivity index (χ4v) is 1.94. The molecule has 0 spiro atoms. The molecule has 1 fully saturated rings. The molecule has 1 heterocycles. The lowest BCUT2D eigenvalue weighted by molar-refractivity contribution is -0.289. The van der Waals surface area contributed by atoms with Crippen molar-refractivity contribution in [3.63, 3.8) is 0 Å². The van der Waals surface area contributed by atoms with E-state index in [1.54, 1.807) is 0 Å². The molecular formula is C13H18O6. The first-order valence-electron chi connectivity index (χ1n) is 6.09. The van der Waals surface area contributed by atoms with Crippen LogP contribution >= 0.6 is 0 Å². The molecule has 1 saturated heterocycles. The average molecular weight is 270 g/mol. The van der Waals surface area contributed by atoms with Gasteiger partial charge in [0.15, 0.2) is 6.29 Å². The summed E-state index contributed by atoms with van der Waals surface area (Å²) in [5, 5.41) is 37.9. The Balaban J connectivity index is 1.82. The molecule has 1 aromatic rings. The molecule has 0 saturated carbocycles. The van der Waals surface area contributed by atoms with Crippen LogP contribution in [0.4, 0.5) is 0 Å². The second kappa shape index (κ2) is 6.42. The summed E-state index contributed by atoms with van der Waals surface area (Å²) < 4.78 is 10.4. The highest BCUT2D eigenvalue weighted by Gasteiger charge is 2.42. The minimum Gasteiger partial charge on any atom is -0.387 e. The molecular weight excluding hydrogens is 252 g/mol. The number of aliphatic hydroxyl groups is 4. The molecule has 6 nitrogen and oxygen atoms in total. The standard InChI is InChI=1S/C13H18O6/c14-10-9(19-13(17)12(16)11(10)15)7-18-6-8-4-2-1-3-5-8/h1-5,9-17H,6-7H2/t9-,10+,11+,12-,13?/m1/s1. The van der Waals surface area contributed by atoms with Gasteiger partial charge in [-0.15, -0.1) is 0 Å². The van der Waals surface area contributed by atoms with Gasteiger partial charge < -0.3 is 29.9 Å². The minimum absolute atomic E-state index is 0.0108. The molecule has 19 heavy (non-hydrogen) atoms. The van der Waals surface area contributed by atoms with Crippen LogP contribution < -0.4 is 0 Å². The number of hydrogen-bond acceptors (Lipinski definition) is 6. The van der Waals surface area contributed by atoms with Crippen molar-refractivity contribution in [2.75, 3.05) is 6.61 Å². The maximum Gasteiger partial charge on any atom is 0.184 e. The second-order valence-electron chi connectivity index (χ2n) is 4.54. The van der Waals surface area contributed by atoms with E-state index >= 15 is 0 Å². The maximum atomic E-state index is 9.70. The van der Waals surface area contributed by atoms with Gasteiger partial charge in [0.1, 0.15) is 24.4 Å². The van der Waals surface area contributed by atoms with E-state index in [9.17, 15) is 20.4 Å². The lowest BCUT2D eigenvalue weighted by Gasteiger charge is -2.38. The van der Waals surface area contributed by atoms with Crippen molar-refractivity contribution >= 4 is 0 Å². The Hall–Kier alpha value is -1.02. The Kier molecular flexibility index (Phi) is 4.87. The maximum absolute atomic E-state index is 9.70. The summed E-state index contributed by atoms with van der Waals surface area (Å²) >= 11 is 0. The molecule has 1 unspecified atom stereocenters. The van der Waals surface area contributed by atoms with Crippen LogP contribution in [0.15, 0.2) is 30.3 Å². The average Bonchev–Trinajstić information content (AvgIpc) is 2.43. The molecule has 0 bridgehead atoms. The predicted molar refractivity (Wildman–Crippen MR) is 65.0 cm³/mol. The Labute approximate surface area is 110 Å². The highest BCUT2D eigenvalue weighted by Crippen LogP contribution is 2.20. The van der Waals surface area contributed by atoms with Crippen molar-refractivity contribution in [1.82, 2.24) is 0 Å². The van der Waals surface area contributed by atoms with E-state index < -0.39 is 30.7 Å². The summed E-state index contributed by atoms with van der Waals surface area (Å²) in [6, 6.07) is 9.45. The summed E-state index contributed by atoms with van der Waals surface area (Å²) in [6.45, 7) is 0.346. The second-order valence-corrected chi connectivity index (χ2v) is 4.54. The van der Waals surface area contributed by atoms with Crippen molar-refractivity contribution < 1.29 is 29.9 Å². The van der Waals surface area contributed by atoms with Gasteiger partial charge in [0.25, 0.3) is 0 Å². The summed E-state index contributed by atoms with van der Waals surface area (Å²) in [5.41, 5.74) is 0.967. The van der Waals surface area contributed by atoms with Gasteiger partial charge in [-0.05, 0) is 5.56 Å². The molecule has 4 N–H and O–H groups in total. The summed E-state index contributed by atoms with van der Waals surface area (Å²) in [7, 11) is 0. The number of rotatable bonds is 4. The van der Waals surface area contributed by atoms with E-state index in [1.807, 2.05) is 30.3 Å². The van der Waals surface area contributed by atoms with Crippen LogP contribution in [0.5, 0.6) is 0 Å². The van der Waals surface area contributed by atoms with E-state index in [-0.39, 0.29) is 6.61 Å². The predicted octanol–water partition coefficient (Wildman–Crippen LogP) is -0.997. The van der Waals surface area contributed by atoms with Gasteiger partial charge in [0, 0.05) is 0 Å². The quantitative estimate of drug-likeness (QED) is 0.560. The number of benzene rings is 1. The summed E-state index contributed by atoms with van der Waals surface area (Å²) in [6.07, 6.45) is -6.66. The third-order valence-electron chi connectivity index (χ3n) is 3.08. The van der Waals surface area contributed by atoms with Crippen molar-refractivity contribution in [1.29, 1.82) is 0 Å². The van der Waals surface area contributed by atoms with Crippen LogP contribution in [-0.4, -0.2) is 57.7 Å². The van der Waals surface area contributed by atoms with Gasteiger partial charge in [-0.2, -0.15) is 0 Å². The Morgan fingerprint density at radius 2 is 1.63 bits per heavy atom. The van der Waals surface area contributed by atoms with Gasteiger partial charge in [-0.3, -0.25) is 0 Å². The number of ether oxygens (including phenoxy) is 2. The van der Waals surface area contributed by atoms with Gasteiger partial charge in [0.05, 0.1) is 13.2 Å². The minimum atomic E-state index is -1.52. The third-order valence-corrected chi connectivity index (χ3v) is 3.08. The molecule has 0 aliphatic carbocycles. The first kappa shape index (κ1) is 14.4. The fraction of sp³-hybridized carbons (Fsp3) is 0.538. The molecule has 0 amide bonds. The molecule has 0 aromatic heterocycles. The Morgan fingerprint density at radius 1 is 0.947 bits per heavy atom. The lowest BCUT2D eigenvalue weighted by Crippen LogP contribution is -2.58. The highest BCUT2D eigenvalue weighted by atomic mass is 16.6. The van der Waals surface area contributed by atoms with E-state index in [1.165, 1.54) is 0 Å². The third kappa shape index (κ3) is 3.50. The van der Waals surface area contributed by atoms with E-state index in [2.05, 4.69) is 0 Å². The van der Waals surface area contributed by atoms with Gasteiger partial charge >= 0.3 is 0 Å². The monoisotopic (exact) mass is 270 g/mol. The molecule has 106 valence electrons. The zero-order valence-corrected chi connectivity index (χ0v) is 10.3. The molecule has 1 aromatic carbocycles. The van der Waals surface area contributed by atoms with Crippen molar-refractivity contribution in [2.45, 2.75) is 37.3 Å². The summed E-state index contributed by atoms with van der Waals surface area (Å²) in [4.78, 5) is 0. The van der Waals surface area contributed by atoms with E-state index in [4.69, 9.17) is 9.47 Å². The SMILES string of the molecule is OC1O[C@H](COCc2ccccc2)[C@H](O)[C@H](O)[C@H]1O. The van der Waals surface area contributed by atoms with E-state index in [0.717, 1.165) is 5.56 Å². The molecule has 2 rings (SSSR count). The Morgan fingerprint density at radius 3 is 2.32 bits per heavy atom. The Bertz CT molecular complexity index is 384. The highest BCUT2D eigenvalue weighted by molar-refractivity contribution is 5.13. The van der Waals surface area contributed by atoms with Crippen LogP contribution in [-0.2, 0) is 16.1 Å². The fourth-order valence-electron chi connectivity index (χ4n) is 1.94. The molecule has 5 atom stereocenters. The molecule has 1 aliphatic rings. The zero-order valence-electron chi connectivity index (χ0n) is 10.3. The van der Waals surface area contributed by atoms with Gasteiger partial charge in [-0.1, -0.05) is 30.3 Å². The van der Waals surface area contributed by atoms with Crippen LogP contribution in [0, 0.1) is 0 Å². The normalized spacial score (nSPS) is 35.3. The van der Waals surface area contributed by atoms with E-state index in [0.29, 0.717) is 6.61 Å². The number of hydrogen-bond donors (Lipinski definition) is 4. The first-order valence-corrected chi connectivity index (χ1v) is 6.09. The summed E-state index contributed by atoms with van der Waals surface area (Å²) in [5.74, 6) is 0. The molecule has 0 radical (unpaired) electrons. The van der Waals surface area contributed by atoms with Crippen LogP contribution in [0.1, 0.15) is 5.56 Å². The molecule has 6 heteroatoms. The zero-order chi connectivity index (χ0) is 13.8. The van der Waals surface area contributed by atoms with Crippen molar-refractivity contribution in [3.8, 4) is 0 Å². The van der Waals surface area contributed by atoms with Gasteiger partial charge in [0.2, 0.25) is 0 Å². The van der Waals surface area contributed by atoms with Crippen molar-refractivity contribution in [2.24, 2.45) is 0 Å². The van der Waals surface area contributed by atoms with Crippen molar-refractivity contribution in [3.05, 3.63) is 35.9 Å².